The Morgan fingerprint density at radius 2 is 2.05 bits per heavy atom. The fourth-order valence-electron chi connectivity index (χ4n) is 2.48. The Labute approximate surface area is 129 Å². The summed E-state index contributed by atoms with van der Waals surface area (Å²) < 4.78 is 5.35. The van der Waals surface area contributed by atoms with Gasteiger partial charge in [0.15, 0.2) is 0 Å². The number of carbonyl (C=O) groups is 1. The van der Waals surface area contributed by atoms with Gasteiger partial charge in [-0.3, -0.25) is 9.78 Å². The molecule has 1 aliphatic heterocycles. The molecule has 0 aliphatic carbocycles. The highest BCUT2D eigenvalue weighted by molar-refractivity contribution is 6.03. The van der Waals surface area contributed by atoms with Gasteiger partial charge in [0, 0.05) is 30.7 Å². The molecule has 0 atom stereocenters. The Kier molecular flexibility index (Phi) is 4.34. The fourth-order valence-corrected chi connectivity index (χ4v) is 2.48. The summed E-state index contributed by atoms with van der Waals surface area (Å²) in [6.45, 7) is 5.10. The number of aryl methyl sites for hydroxylation is 1. The topological polar surface area (TPSA) is 54.5 Å². The molecule has 0 saturated carbocycles. The maximum absolute atomic E-state index is 12.3. The van der Waals surface area contributed by atoms with Gasteiger partial charge in [0.2, 0.25) is 0 Å². The summed E-state index contributed by atoms with van der Waals surface area (Å²) in [6, 6.07) is 11.5. The van der Waals surface area contributed by atoms with Crippen LogP contribution in [0.1, 0.15) is 16.1 Å². The summed E-state index contributed by atoms with van der Waals surface area (Å²) in [5.41, 5.74) is 3.31. The number of nitrogens with zero attached hydrogens (tertiary/aromatic N) is 2. The van der Waals surface area contributed by atoms with Gasteiger partial charge in [0.1, 0.15) is 5.69 Å². The predicted octanol–water partition coefficient (Wildman–Crippen LogP) is 2.48. The van der Waals surface area contributed by atoms with Crippen LogP contribution in [-0.2, 0) is 4.74 Å². The van der Waals surface area contributed by atoms with E-state index in [2.05, 4.69) is 15.2 Å². The number of pyridine rings is 1. The van der Waals surface area contributed by atoms with Crippen molar-refractivity contribution in [1.29, 1.82) is 0 Å². The molecule has 114 valence electrons. The van der Waals surface area contributed by atoms with Crippen molar-refractivity contribution < 1.29 is 9.53 Å². The molecular weight excluding hydrogens is 278 g/mol. The molecule has 1 fully saturated rings. The minimum atomic E-state index is -0.194. The lowest BCUT2D eigenvalue weighted by Gasteiger charge is -2.28. The number of hydrogen-bond acceptors (Lipinski definition) is 4. The molecule has 2 aromatic rings. The summed E-state index contributed by atoms with van der Waals surface area (Å²) in [7, 11) is 0. The number of ether oxygens (including phenoxy) is 1. The zero-order valence-electron chi connectivity index (χ0n) is 12.6. The Hall–Kier alpha value is -2.40. The smallest absolute Gasteiger partial charge is 0.274 e. The van der Waals surface area contributed by atoms with Gasteiger partial charge >= 0.3 is 0 Å². The van der Waals surface area contributed by atoms with E-state index in [1.165, 1.54) is 0 Å². The van der Waals surface area contributed by atoms with Crippen LogP contribution in [0.2, 0.25) is 0 Å². The molecule has 0 spiro atoms. The molecule has 1 aliphatic rings. The van der Waals surface area contributed by atoms with E-state index in [9.17, 15) is 4.79 Å². The molecule has 1 aromatic carbocycles. The fraction of sp³-hybridized carbons (Fsp3) is 0.294. The van der Waals surface area contributed by atoms with Crippen molar-refractivity contribution in [3.63, 3.8) is 0 Å². The van der Waals surface area contributed by atoms with Crippen molar-refractivity contribution in [1.82, 2.24) is 4.98 Å². The molecular formula is C17H19N3O2. The first-order chi connectivity index (χ1) is 10.7. The van der Waals surface area contributed by atoms with Gasteiger partial charge in [-0.2, -0.15) is 0 Å². The van der Waals surface area contributed by atoms with Gasteiger partial charge in [-0.1, -0.05) is 12.1 Å². The standard InChI is InChI=1S/C17H19N3O2/c1-13-3-2-4-14(11-13)19-17(21)16-12-15(5-6-18-16)20-7-9-22-10-8-20/h2-6,11-12H,7-10H2,1H3,(H,19,21). The zero-order chi connectivity index (χ0) is 15.4. The van der Waals surface area contributed by atoms with E-state index in [1.807, 2.05) is 43.3 Å². The van der Waals surface area contributed by atoms with Gasteiger partial charge in [-0.15, -0.1) is 0 Å². The molecule has 1 N–H and O–H groups in total. The molecule has 3 rings (SSSR count). The van der Waals surface area contributed by atoms with E-state index in [0.29, 0.717) is 18.9 Å². The van der Waals surface area contributed by atoms with Crippen LogP contribution in [0.25, 0.3) is 0 Å². The lowest BCUT2D eigenvalue weighted by Crippen LogP contribution is -2.36. The minimum absolute atomic E-state index is 0.194. The van der Waals surface area contributed by atoms with E-state index in [1.54, 1.807) is 6.20 Å². The Bertz CT molecular complexity index is 666. The van der Waals surface area contributed by atoms with Crippen LogP contribution < -0.4 is 10.2 Å². The van der Waals surface area contributed by atoms with Crippen molar-refractivity contribution >= 4 is 17.3 Å². The van der Waals surface area contributed by atoms with Gasteiger partial charge < -0.3 is 15.0 Å². The van der Waals surface area contributed by atoms with Crippen molar-refractivity contribution in [3.05, 3.63) is 53.9 Å². The van der Waals surface area contributed by atoms with Gasteiger partial charge in [-0.05, 0) is 36.8 Å². The van der Waals surface area contributed by atoms with Crippen LogP contribution in [0.5, 0.6) is 0 Å². The maximum atomic E-state index is 12.3. The second-order valence-electron chi connectivity index (χ2n) is 5.32. The summed E-state index contributed by atoms with van der Waals surface area (Å²) in [5, 5.41) is 2.88. The molecule has 1 amide bonds. The third kappa shape index (κ3) is 3.43. The number of anilines is 2. The van der Waals surface area contributed by atoms with Crippen molar-refractivity contribution in [2.45, 2.75) is 6.92 Å². The number of benzene rings is 1. The SMILES string of the molecule is Cc1cccc(NC(=O)c2cc(N3CCOCC3)ccn2)c1. The number of hydrogen-bond donors (Lipinski definition) is 1. The van der Waals surface area contributed by atoms with E-state index < -0.39 is 0 Å². The second kappa shape index (κ2) is 6.58. The number of amides is 1. The predicted molar refractivity (Wildman–Crippen MR) is 86.4 cm³/mol. The average molecular weight is 297 g/mol. The number of morpholine rings is 1. The number of aromatic nitrogens is 1. The van der Waals surface area contributed by atoms with Crippen LogP contribution >= 0.6 is 0 Å². The summed E-state index contributed by atoms with van der Waals surface area (Å²) in [5.74, 6) is -0.194. The minimum Gasteiger partial charge on any atom is -0.378 e. The van der Waals surface area contributed by atoms with Crippen molar-refractivity contribution in [3.8, 4) is 0 Å². The molecule has 0 radical (unpaired) electrons. The van der Waals surface area contributed by atoms with Gasteiger partial charge in [0.25, 0.3) is 5.91 Å². The van der Waals surface area contributed by atoms with E-state index in [4.69, 9.17) is 4.74 Å². The molecule has 0 unspecified atom stereocenters. The molecule has 0 bridgehead atoms. The molecule has 1 saturated heterocycles. The number of rotatable bonds is 3. The Morgan fingerprint density at radius 3 is 2.82 bits per heavy atom. The molecule has 5 heteroatoms. The summed E-state index contributed by atoms with van der Waals surface area (Å²) >= 11 is 0. The van der Waals surface area contributed by atoms with Crippen LogP contribution in [0.3, 0.4) is 0 Å². The third-order valence-electron chi connectivity index (χ3n) is 3.63. The summed E-state index contributed by atoms with van der Waals surface area (Å²) in [6.07, 6.45) is 1.68. The second-order valence-corrected chi connectivity index (χ2v) is 5.32. The molecule has 1 aromatic heterocycles. The Morgan fingerprint density at radius 1 is 1.23 bits per heavy atom. The van der Waals surface area contributed by atoms with Crippen LogP contribution in [0, 0.1) is 6.92 Å². The Balaban J connectivity index is 1.75. The van der Waals surface area contributed by atoms with Crippen molar-refractivity contribution in [2.75, 3.05) is 36.5 Å². The maximum Gasteiger partial charge on any atom is 0.274 e. The quantitative estimate of drug-likeness (QED) is 0.945. The number of nitrogens with one attached hydrogen (secondary N) is 1. The molecule has 2 heterocycles. The van der Waals surface area contributed by atoms with Crippen molar-refractivity contribution in [2.24, 2.45) is 0 Å². The largest absolute Gasteiger partial charge is 0.378 e. The highest BCUT2D eigenvalue weighted by Crippen LogP contribution is 2.17. The van der Waals surface area contributed by atoms with E-state index in [-0.39, 0.29) is 5.91 Å². The first-order valence-corrected chi connectivity index (χ1v) is 7.39. The first-order valence-electron chi connectivity index (χ1n) is 7.39. The van der Waals surface area contributed by atoms with E-state index in [0.717, 1.165) is 30.0 Å². The zero-order valence-corrected chi connectivity index (χ0v) is 12.6. The van der Waals surface area contributed by atoms with Crippen LogP contribution in [0.4, 0.5) is 11.4 Å². The van der Waals surface area contributed by atoms with Gasteiger partial charge in [-0.25, -0.2) is 0 Å². The summed E-state index contributed by atoms with van der Waals surface area (Å²) in [4.78, 5) is 18.7. The van der Waals surface area contributed by atoms with E-state index >= 15 is 0 Å². The first kappa shape index (κ1) is 14.5. The van der Waals surface area contributed by atoms with Crippen LogP contribution in [0.15, 0.2) is 42.6 Å². The average Bonchev–Trinajstić information content (AvgIpc) is 2.56. The highest BCUT2D eigenvalue weighted by Gasteiger charge is 2.14. The normalized spacial score (nSPS) is 14.7. The lowest BCUT2D eigenvalue weighted by molar-refractivity contribution is 0.102. The molecule has 22 heavy (non-hydrogen) atoms. The highest BCUT2D eigenvalue weighted by atomic mass is 16.5. The van der Waals surface area contributed by atoms with Gasteiger partial charge in [0.05, 0.1) is 13.2 Å². The number of carbonyl (C=O) groups excluding carboxylic acids is 1. The monoisotopic (exact) mass is 297 g/mol. The molecule has 5 nitrogen and oxygen atoms in total. The lowest BCUT2D eigenvalue weighted by atomic mass is 10.2. The third-order valence-corrected chi connectivity index (χ3v) is 3.63. The van der Waals surface area contributed by atoms with Crippen LogP contribution in [-0.4, -0.2) is 37.2 Å².